The number of hydrogen-bond donors (Lipinski definition) is 2. The second-order valence-electron chi connectivity index (χ2n) is 3.91. The van der Waals surface area contributed by atoms with E-state index >= 15 is 0 Å². The molecule has 0 aliphatic rings. The van der Waals surface area contributed by atoms with E-state index < -0.39 is 5.97 Å². The van der Waals surface area contributed by atoms with Gasteiger partial charge in [-0.05, 0) is 24.6 Å². The van der Waals surface area contributed by atoms with Crippen LogP contribution < -0.4 is 10.1 Å². The molecule has 2 N–H and O–H groups in total. The van der Waals surface area contributed by atoms with E-state index in [1.165, 1.54) is 7.11 Å². The minimum absolute atomic E-state index is 0.0772. The fraction of sp³-hybridized carbons (Fsp3) is 0.385. The normalized spacial score (nSPS) is 11.7. The number of carboxylic acid groups (broad SMARTS) is 1. The fourth-order valence-electron chi connectivity index (χ4n) is 1.54. The predicted octanol–water partition coefficient (Wildman–Crippen LogP) is 1.68. The van der Waals surface area contributed by atoms with Gasteiger partial charge in [0.05, 0.1) is 13.5 Å². The summed E-state index contributed by atoms with van der Waals surface area (Å²) in [5.74, 6) is -0.622. The van der Waals surface area contributed by atoms with Crippen LogP contribution in [0.5, 0.6) is 5.75 Å². The molecule has 98 valence electrons. The number of aliphatic carboxylic acids is 1. The van der Waals surface area contributed by atoms with Crippen LogP contribution in [-0.4, -0.2) is 30.1 Å². The molecule has 1 unspecified atom stereocenters. The molecule has 5 heteroatoms. The summed E-state index contributed by atoms with van der Waals surface area (Å²) in [7, 11) is 1.52. The zero-order valence-electron chi connectivity index (χ0n) is 10.5. The zero-order chi connectivity index (χ0) is 13.5. The molecule has 0 fully saturated rings. The maximum Gasteiger partial charge on any atom is 0.305 e. The molecule has 0 aliphatic carbocycles. The molecule has 0 bridgehead atoms. The van der Waals surface area contributed by atoms with E-state index in [-0.39, 0.29) is 18.4 Å². The summed E-state index contributed by atoms with van der Waals surface area (Å²) in [6.07, 6.45) is 0.494. The molecule has 1 amide bonds. The van der Waals surface area contributed by atoms with Gasteiger partial charge in [0.25, 0.3) is 5.91 Å². The Kier molecular flexibility index (Phi) is 5.17. The molecule has 1 aromatic carbocycles. The Morgan fingerprint density at radius 3 is 2.72 bits per heavy atom. The molecule has 0 spiro atoms. The quantitative estimate of drug-likeness (QED) is 0.806. The van der Waals surface area contributed by atoms with Crippen LogP contribution in [0.25, 0.3) is 0 Å². The number of carbonyl (C=O) groups is 2. The lowest BCUT2D eigenvalue weighted by molar-refractivity contribution is -0.137. The molecule has 0 aromatic heterocycles. The van der Waals surface area contributed by atoms with Gasteiger partial charge in [-0.25, -0.2) is 0 Å². The predicted molar refractivity (Wildman–Crippen MR) is 66.8 cm³/mol. The van der Waals surface area contributed by atoms with Crippen molar-refractivity contribution in [2.45, 2.75) is 25.8 Å². The third-order valence-electron chi connectivity index (χ3n) is 2.58. The van der Waals surface area contributed by atoms with Gasteiger partial charge in [-0.2, -0.15) is 0 Å². The number of nitrogens with one attached hydrogen (secondary N) is 1. The van der Waals surface area contributed by atoms with Gasteiger partial charge in [-0.3, -0.25) is 9.59 Å². The van der Waals surface area contributed by atoms with Crippen LogP contribution >= 0.6 is 0 Å². The third-order valence-corrected chi connectivity index (χ3v) is 2.58. The first-order chi connectivity index (χ1) is 8.56. The number of benzene rings is 1. The van der Waals surface area contributed by atoms with Gasteiger partial charge in [-0.1, -0.05) is 13.0 Å². The van der Waals surface area contributed by atoms with Crippen molar-refractivity contribution < 1.29 is 19.4 Å². The van der Waals surface area contributed by atoms with E-state index in [1.807, 2.05) is 6.92 Å². The molecular weight excluding hydrogens is 234 g/mol. The lowest BCUT2D eigenvalue weighted by Crippen LogP contribution is -2.36. The largest absolute Gasteiger partial charge is 0.497 e. The maximum atomic E-state index is 11.9. The Morgan fingerprint density at radius 2 is 2.17 bits per heavy atom. The average Bonchev–Trinajstić information content (AvgIpc) is 2.37. The van der Waals surface area contributed by atoms with E-state index in [0.29, 0.717) is 17.7 Å². The summed E-state index contributed by atoms with van der Waals surface area (Å²) >= 11 is 0. The molecule has 0 saturated carbocycles. The van der Waals surface area contributed by atoms with Crippen LogP contribution in [0.2, 0.25) is 0 Å². The van der Waals surface area contributed by atoms with Crippen LogP contribution in [0.1, 0.15) is 30.1 Å². The first-order valence-corrected chi connectivity index (χ1v) is 5.73. The van der Waals surface area contributed by atoms with Crippen LogP contribution in [0.3, 0.4) is 0 Å². The van der Waals surface area contributed by atoms with Gasteiger partial charge < -0.3 is 15.2 Å². The van der Waals surface area contributed by atoms with Crippen molar-refractivity contribution in [3.63, 3.8) is 0 Å². The molecule has 0 saturated heterocycles. The van der Waals surface area contributed by atoms with Crippen molar-refractivity contribution >= 4 is 11.9 Å². The molecule has 1 atom stereocenters. The number of methoxy groups -OCH3 is 1. The summed E-state index contributed by atoms with van der Waals surface area (Å²) in [5, 5.41) is 11.4. The fourth-order valence-corrected chi connectivity index (χ4v) is 1.54. The van der Waals surface area contributed by atoms with E-state index in [2.05, 4.69) is 5.32 Å². The van der Waals surface area contributed by atoms with Gasteiger partial charge in [0.15, 0.2) is 0 Å². The molecule has 0 heterocycles. The average molecular weight is 251 g/mol. The summed E-state index contributed by atoms with van der Waals surface area (Å²) in [6, 6.07) is 6.37. The highest BCUT2D eigenvalue weighted by Crippen LogP contribution is 2.12. The minimum Gasteiger partial charge on any atom is -0.497 e. The van der Waals surface area contributed by atoms with E-state index in [1.54, 1.807) is 24.3 Å². The smallest absolute Gasteiger partial charge is 0.305 e. The summed E-state index contributed by atoms with van der Waals surface area (Å²) in [4.78, 5) is 22.5. The number of ether oxygens (including phenoxy) is 1. The minimum atomic E-state index is -0.923. The van der Waals surface area contributed by atoms with Crippen molar-refractivity contribution in [1.29, 1.82) is 0 Å². The highest BCUT2D eigenvalue weighted by atomic mass is 16.5. The number of amides is 1. The molecule has 1 aromatic rings. The lowest BCUT2D eigenvalue weighted by Gasteiger charge is -2.15. The van der Waals surface area contributed by atoms with Gasteiger partial charge in [0.2, 0.25) is 0 Å². The SMILES string of the molecule is CCC(CC(=O)O)NC(=O)c1cccc(OC)c1. The maximum absolute atomic E-state index is 11.9. The second kappa shape index (κ2) is 6.64. The Balaban J connectivity index is 2.71. The molecule has 1 rings (SSSR count). The molecule has 0 radical (unpaired) electrons. The number of rotatable bonds is 6. The number of hydrogen-bond acceptors (Lipinski definition) is 3. The van der Waals surface area contributed by atoms with E-state index in [0.717, 1.165) is 0 Å². The van der Waals surface area contributed by atoms with Gasteiger partial charge in [-0.15, -0.1) is 0 Å². The van der Waals surface area contributed by atoms with E-state index in [4.69, 9.17) is 9.84 Å². The molecule has 18 heavy (non-hydrogen) atoms. The molecule has 0 aliphatic heterocycles. The van der Waals surface area contributed by atoms with Crippen molar-refractivity contribution in [3.8, 4) is 5.75 Å². The standard InChI is InChI=1S/C13H17NO4/c1-3-10(8-12(15)16)14-13(17)9-5-4-6-11(7-9)18-2/h4-7,10H,3,8H2,1-2H3,(H,14,17)(H,15,16). The Bertz CT molecular complexity index is 431. The Morgan fingerprint density at radius 1 is 1.44 bits per heavy atom. The first-order valence-electron chi connectivity index (χ1n) is 5.73. The Hall–Kier alpha value is -2.04. The Labute approximate surface area is 106 Å². The molecular formula is C13H17NO4. The van der Waals surface area contributed by atoms with E-state index in [9.17, 15) is 9.59 Å². The third kappa shape index (κ3) is 4.08. The lowest BCUT2D eigenvalue weighted by atomic mass is 10.1. The van der Waals surface area contributed by atoms with Crippen LogP contribution in [0.4, 0.5) is 0 Å². The van der Waals surface area contributed by atoms with Crippen LogP contribution in [0, 0.1) is 0 Å². The van der Waals surface area contributed by atoms with Crippen LogP contribution in [-0.2, 0) is 4.79 Å². The summed E-state index contributed by atoms with van der Waals surface area (Å²) in [6.45, 7) is 1.83. The zero-order valence-corrected chi connectivity index (χ0v) is 10.5. The summed E-state index contributed by atoms with van der Waals surface area (Å²) in [5.41, 5.74) is 0.457. The number of carbonyl (C=O) groups excluding carboxylic acids is 1. The van der Waals surface area contributed by atoms with Crippen molar-refractivity contribution in [3.05, 3.63) is 29.8 Å². The van der Waals surface area contributed by atoms with Crippen LogP contribution in [0.15, 0.2) is 24.3 Å². The first kappa shape index (κ1) is 14.0. The second-order valence-corrected chi connectivity index (χ2v) is 3.91. The highest BCUT2D eigenvalue weighted by molar-refractivity contribution is 5.95. The van der Waals surface area contributed by atoms with Crippen molar-refractivity contribution in [2.75, 3.05) is 7.11 Å². The molecule has 5 nitrogen and oxygen atoms in total. The van der Waals surface area contributed by atoms with Gasteiger partial charge in [0, 0.05) is 11.6 Å². The van der Waals surface area contributed by atoms with Gasteiger partial charge >= 0.3 is 5.97 Å². The van der Waals surface area contributed by atoms with Crippen molar-refractivity contribution in [1.82, 2.24) is 5.32 Å². The van der Waals surface area contributed by atoms with Crippen molar-refractivity contribution in [2.24, 2.45) is 0 Å². The number of carboxylic acids is 1. The monoisotopic (exact) mass is 251 g/mol. The highest BCUT2D eigenvalue weighted by Gasteiger charge is 2.15. The topological polar surface area (TPSA) is 75.6 Å². The van der Waals surface area contributed by atoms with Gasteiger partial charge in [0.1, 0.15) is 5.75 Å². The summed E-state index contributed by atoms with van der Waals surface area (Å²) < 4.78 is 5.03.